The number of methoxy groups -OCH3 is 1. The fraction of sp³-hybridized carbons (Fsp3) is 0.533. The van der Waals surface area contributed by atoms with Crippen molar-refractivity contribution in [3.63, 3.8) is 0 Å². The summed E-state index contributed by atoms with van der Waals surface area (Å²) < 4.78 is 5.78. The lowest BCUT2D eigenvalue weighted by Crippen LogP contribution is -2.37. The molecule has 5 heteroatoms. The van der Waals surface area contributed by atoms with Crippen molar-refractivity contribution in [3.05, 3.63) is 28.2 Å². The molecule has 0 aliphatic heterocycles. The van der Waals surface area contributed by atoms with Crippen LogP contribution in [0, 0.1) is 0 Å². The summed E-state index contributed by atoms with van der Waals surface area (Å²) in [7, 11) is 1.69. The zero-order chi connectivity index (χ0) is 15.1. The molecule has 1 N–H and O–H groups in total. The van der Waals surface area contributed by atoms with Gasteiger partial charge in [-0.2, -0.15) is 0 Å². The van der Waals surface area contributed by atoms with E-state index in [4.69, 9.17) is 9.84 Å². The van der Waals surface area contributed by atoms with Crippen LogP contribution < -0.4 is 4.90 Å². The maximum Gasteiger partial charge on any atom is 0.336 e. The monoisotopic (exact) mass is 343 g/mol. The van der Waals surface area contributed by atoms with Gasteiger partial charge in [-0.1, -0.05) is 13.8 Å². The fourth-order valence-electron chi connectivity index (χ4n) is 2.30. The molecule has 0 unspecified atom stereocenters. The standard InChI is InChI=1S/C15H22BrNO3/c1-4-11(5-2)17(8-9-20-3)12-6-7-13(15(18)19)14(16)10-12/h6-7,10-11H,4-5,8-9H2,1-3H3,(H,18,19). The molecule has 1 aromatic carbocycles. The van der Waals surface area contributed by atoms with Gasteiger partial charge >= 0.3 is 5.97 Å². The van der Waals surface area contributed by atoms with E-state index in [1.54, 1.807) is 13.2 Å². The number of halogens is 1. The van der Waals surface area contributed by atoms with E-state index in [1.807, 2.05) is 12.1 Å². The van der Waals surface area contributed by atoms with Crippen molar-refractivity contribution in [1.82, 2.24) is 0 Å². The third kappa shape index (κ3) is 4.21. The highest BCUT2D eigenvalue weighted by Gasteiger charge is 2.17. The number of hydrogen-bond donors (Lipinski definition) is 1. The molecular weight excluding hydrogens is 322 g/mol. The molecule has 0 amide bonds. The van der Waals surface area contributed by atoms with Crippen LogP contribution in [0.25, 0.3) is 0 Å². The number of carboxylic acid groups (broad SMARTS) is 1. The van der Waals surface area contributed by atoms with E-state index in [9.17, 15) is 4.79 Å². The Morgan fingerprint density at radius 3 is 2.50 bits per heavy atom. The lowest BCUT2D eigenvalue weighted by Gasteiger charge is -2.32. The summed E-state index contributed by atoms with van der Waals surface area (Å²) in [5, 5.41) is 9.07. The van der Waals surface area contributed by atoms with Crippen molar-refractivity contribution in [2.75, 3.05) is 25.2 Å². The Morgan fingerprint density at radius 2 is 2.05 bits per heavy atom. The molecule has 112 valence electrons. The van der Waals surface area contributed by atoms with Crippen LogP contribution >= 0.6 is 15.9 Å². The van der Waals surface area contributed by atoms with E-state index in [-0.39, 0.29) is 5.56 Å². The minimum Gasteiger partial charge on any atom is -0.478 e. The highest BCUT2D eigenvalue weighted by atomic mass is 79.9. The summed E-state index contributed by atoms with van der Waals surface area (Å²) in [5.41, 5.74) is 1.30. The second-order valence-corrected chi connectivity index (χ2v) is 5.48. The number of hydrogen-bond acceptors (Lipinski definition) is 3. The largest absolute Gasteiger partial charge is 0.478 e. The second-order valence-electron chi connectivity index (χ2n) is 4.63. The highest BCUT2D eigenvalue weighted by molar-refractivity contribution is 9.10. The van der Waals surface area contributed by atoms with Crippen LogP contribution in [0.3, 0.4) is 0 Å². The maximum atomic E-state index is 11.1. The van der Waals surface area contributed by atoms with Gasteiger partial charge in [-0.3, -0.25) is 0 Å². The Morgan fingerprint density at radius 1 is 1.40 bits per heavy atom. The quantitative estimate of drug-likeness (QED) is 0.780. The molecule has 0 aliphatic rings. The zero-order valence-electron chi connectivity index (χ0n) is 12.2. The molecule has 0 heterocycles. The summed E-state index contributed by atoms with van der Waals surface area (Å²) in [6.07, 6.45) is 2.08. The first-order chi connectivity index (χ1) is 9.54. The van der Waals surface area contributed by atoms with E-state index in [0.717, 1.165) is 25.1 Å². The Hall–Kier alpha value is -1.07. The number of nitrogens with zero attached hydrogens (tertiary/aromatic N) is 1. The van der Waals surface area contributed by atoms with Crippen LogP contribution in [0.4, 0.5) is 5.69 Å². The van der Waals surface area contributed by atoms with Gasteiger partial charge in [-0.25, -0.2) is 4.79 Å². The van der Waals surface area contributed by atoms with Crippen molar-refractivity contribution in [1.29, 1.82) is 0 Å². The van der Waals surface area contributed by atoms with Gasteiger partial charge in [0.15, 0.2) is 0 Å². The van der Waals surface area contributed by atoms with Crippen LogP contribution in [0.5, 0.6) is 0 Å². The van der Waals surface area contributed by atoms with Crippen molar-refractivity contribution in [3.8, 4) is 0 Å². The Kier molecular flexibility index (Phi) is 7.02. The minimum atomic E-state index is -0.922. The van der Waals surface area contributed by atoms with Crippen LogP contribution in [0.1, 0.15) is 37.0 Å². The van der Waals surface area contributed by atoms with Gasteiger partial charge in [0, 0.05) is 29.9 Å². The van der Waals surface area contributed by atoms with Gasteiger partial charge in [-0.15, -0.1) is 0 Å². The Balaban J connectivity index is 3.06. The normalized spacial score (nSPS) is 10.8. The molecular formula is C15H22BrNO3. The number of anilines is 1. The maximum absolute atomic E-state index is 11.1. The predicted molar refractivity (Wildman–Crippen MR) is 84.7 cm³/mol. The summed E-state index contributed by atoms with van der Waals surface area (Å²) in [4.78, 5) is 13.3. The molecule has 0 bridgehead atoms. The van der Waals surface area contributed by atoms with E-state index in [2.05, 4.69) is 34.7 Å². The SMILES string of the molecule is CCC(CC)N(CCOC)c1ccc(C(=O)O)c(Br)c1. The first-order valence-corrected chi connectivity index (χ1v) is 7.62. The van der Waals surface area contributed by atoms with Gasteiger partial charge in [-0.05, 0) is 47.0 Å². The van der Waals surface area contributed by atoms with Gasteiger partial charge in [0.2, 0.25) is 0 Å². The minimum absolute atomic E-state index is 0.282. The molecule has 0 aromatic heterocycles. The van der Waals surface area contributed by atoms with Crippen LogP contribution in [0.15, 0.2) is 22.7 Å². The van der Waals surface area contributed by atoms with Gasteiger partial charge in [0.05, 0.1) is 12.2 Å². The number of carboxylic acids is 1. The molecule has 1 aromatic rings. The van der Waals surface area contributed by atoms with E-state index in [0.29, 0.717) is 17.1 Å². The van der Waals surface area contributed by atoms with Gasteiger partial charge < -0.3 is 14.7 Å². The molecule has 0 radical (unpaired) electrons. The summed E-state index contributed by atoms with van der Waals surface area (Å²) in [6.45, 7) is 5.76. The average molecular weight is 344 g/mol. The highest BCUT2D eigenvalue weighted by Crippen LogP contribution is 2.27. The van der Waals surface area contributed by atoms with E-state index >= 15 is 0 Å². The number of ether oxygens (including phenoxy) is 1. The van der Waals surface area contributed by atoms with E-state index in [1.165, 1.54) is 0 Å². The molecule has 0 aliphatic carbocycles. The number of aromatic carboxylic acids is 1. The molecule has 20 heavy (non-hydrogen) atoms. The molecule has 4 nitrogen and oxygen atoms in total. The smallest absolute Gasteiger partial charge is 0.336 e. The van der Waals surface area contributed by atoms with Gasteiger partial charge in [0.1, 0.15) is 0 Å². The number of carbonyl (C=O) groups is 1. The van der Waals surface area contributed by atoms with Crippen molar-refractivity contribution < 1.29 is 14.6 Å². The van der Waals surface area contributed by atoms with E-state index < -0.39 is 5.97 Å². The molecule has 0 atom stereocenters. The summed E-state index contributed by atoms with van der Waals surface area (Å²) >= 11 is 3.34. The number of rotatable bonds is 8. The molecule has 1 rings (SSSR count). The van der Waals surface area contributed by atoms with Crippen molar-refractivity contribution in [2.24, 2.45) is 0 Å². The first-order valence-electron chi connectivity index (χ1n) is 6.83. The summed E-state index contributed by atoms with van der Waals surface area (Å²) in [5.74, 6) is -0.922. The lowest BCUT2D eigenvalue weighted by atomic mass is 10.1. The predicted octanol–water partition coefficient (Wildman–Crippen LogP) is 3.79. The second kappa shape index (κ2) is 8.27. The lowest BCUT2D eigenvalue weighted by molar-refractivity contribution is 0.0696. The Bertz CT molecular complexity index is 447. The Labute approximate surface area is 128 Å². The topological polar surface area (TPSA) is 49.8 Å². The molecule has 0 saturated carbocycles. The van der Waals surface area contributed by atoms with Gasteiger partial charge in [0.25, 0.3) is 0 Å². The van der Waals surface area contributed by atoms with Crippen molar-refractivity contribution in [2.45, 2.75) is 32.7 Å². The van der Waals surface area contributed by atoms with Crippen LogP contribution in [0.2, 0.25) is 0 Å². The number of benzene rings is 1. The van der Waals surface area contributed by atoms with Crippen molar-refractivity contribution >= 4 is 27.6 Å². The average Bonchev–Trinajstić information content (AvgIpc) is 2.43. The first kappa shape index (κ1) is 17.0. The van der Waals surface area contributed by atoms with Crippen LogP contribution in [-0.2, 0) is 4.74 Å². The molecule has 0 spiro atoms. The third-order valence-corrected chi connectivity index (χ3v) is 4.09. The summed E-state index contributed by atoms with van der Waals surface area (Å²) in [6, 6.07) is 5.80. The fourth-order valence-corrected chi connectivity index (χ4v) is 2.83. The van der Waals surface area contributed by atoms with Crippen LogP contribution in [-0.4, -0.2) is 37.4 Å². The molecule has 0 saturated heterocycles. The molecule has 0 fully saturated rings. The third-order valence-electron chi connectivity index (χ3n) is 3.43. The zero-order valence-corrected chi connectivity index (χ0v) is 13.8.